The van der Waals surface area contributed by atoms with E-state index in [-0.39, 0.29) is 18.2 Å². The van der Waals surface area contributed by atoms with Gasteiger partial charge < -0.3 is 10.6 Å². The summed E-state index contributed by atoms with van der Waals surface area (Å²) in [7, 11) is 0. The second-order valence-corrected chi connectivity index (χ2v) is 1.79. The highest BCUT2D eigenvalue weighted by Gasteiger charge is 2.19. The minimum atomic E-state index is -0.709. The Morgan fingerprint density at radius 3 is 2.11 bits per heavy atom. The molecule has 1 fully saturated rings. The van der Waals surface area contributed by atoms with Gasteiger partial charge in [-0.05, 0) is 0 Å². The van der Waals surface area contributed by atoms with E-state index in [1.54, 1.807) is 0 Å². The first-order chi connectivity index (χ1) is 4.18. The third-order valence-corrected chi connectivity index (χ3v) is 0.954. The number of carbonyl (C=O) groups is 2. The Kier molecular flexibility index (Phi) is 1.35. The third-order valence-electron chi connectivity index (χ3n) is 0.954. The van der Waals surface area contributed by atoms with E-state index in [1.165, 1.54) is 0 Å². The van der Waals surface area contributed by atoms with Gasteiger partial charge in [0.2, 0.25) is 11.8 Å². The van der Waals surface area contributed by atoms with Gasteiger partial charge in [-0.25, -0.2) is 0 Å². The zero-order valence-electron chi connectivity index (χ0n) is 4.68. The fourth-order valence-electron chi connectivity index (χ4n) is 0.631. The van der Waals surface area contributed by atoms with E-state index in [9.17, 15) is 9.59 Å². The van der Waals surface area contributed by atoms with Crippen LogP contribution in [0, 0.1) is 0 Å². The van der Waals surface area contributed by atoms with Crippen LogP contribution < -0.4 is 16.4 Å². The highest BCUT2D eigenvalue weighted by Crippen LogP contribution is 1.86. The van der Waals surface area contributed by atoms with Crippen molar-refractivity contribution in [3.63, 3.8) is 0 Å². The normalized spacial score (nSPS) is 21.0. The average molecular weight is 129 g/mol. The molecule has 1 aliphatic rings. The van der Waals surface area contributed by atoms with E-state index in [2.05, 4.69) is 10.6 Å². The van der Waals surface area contributed by atoms with Gasteiger partial charge in [0.05, 0.1) is 0 Å². The van der Waals surface area contributed by atoms with Crippen molar-refractivity contribution in [3.05, 3.63) is 0 Å². The molecule has 0 radical (unpaired) electrons. The van der Waals surface area contributed by atoms with Crippen LogP contribution in [0.4, 0.5) is 0 Å². The molecule has 0 aromatic rings. The molecule has 9 heavy (non-hydrogen) atoms. The molecule has 1 rings (SSSR count). The van der Waals surface area contributed by atoms with E-state index in [0.29, 0.717) is 0 Å². The Bertz CT molecular complexity index is 140. The molecule has 0 saturated carbocycles. The summed E-state index contributed by atoms with van der Waals surface area (Å²) in [5.41, 5.74) is 5.15. The lowest BCUT2D eigenvalue weighted by molar-refractivity contribution is -0.133. The van der Waals surface area contributed by atoms with Crippen molar-refractivity contribution >= 4 is 11.8 Å². The zero-order valence-corrected chi connectivity index (χ0v) is 4.68. The van der Waals surface area contributed by atoms with Crippen molar-refractivity contribution < 1.29 is 9.59 Å². The minimum Gasteiger partial charge on any atom is -0.323 e. The van der Waals surface area contributed by atoms with Crippen LogP contribution in [0.3, 0.4) is 0 Å². The summed E-state index contributed by atoms with van der Waals surface area (Å²) in [6.07, 6.45) is -0.827. The molecule has 1 saturated heterocycles. The standard InChI is InChI=1S/C4H7N3O2/c5-4-6-2(8)1-3(9)7-4/h4H,1,5H2,(H,6,8)(H,7,9). The van der Waals surface area contributed by atoms with Crippen molar-refractivity contribution in [3.8, 4) is 0 Å². The highest BCUT2D eigenvalue weighted by atomic mass is 16.2. The summed E-state index contributed by atoms with van der Waals surface area (Å²) in [6.45, 7) is 0. The molecule has 0 aliphatic carbocycles. The minimum absolute atomic E-state index is 0.117. The monoisotopic (exact) mass is 129 g/mol. The summed E-state index contributed by atoms with van der Waals surface area (Å²) in [5, 5.41) is 4.63. The van der Waals surface area contributed by atoms with Crippen LogP contribution in [0.2, 0.25) is 0 Å². The number of carbonyl (C=O) groups excluding carboxylic acids is 2. The molecular weight excluding hydrogens is 122 g/mol. The molecule has 0 spiro atoms. The third kappa shape index (κ3) is 1.39. The maximum Gasteiger partial charge on any atom is 0.232 e. The number of hydrogen-bond donors (Lipinski definition) is 3. The van der Waals surface area contributed by atoms with E-state index in [4.69, 9.17) is 5.73 Å². The Balaban J connectivity index is 2.53. The summed E-state index contributed by atoms with van der Waals surface area (Å²) in [5.74, 6) is -0.655. The maximum atomic E-state index is 10.4. The number of rotatable bonds is 0. The van der Waals surface area contributed by atoms with Gasteiger partial charge >= 0.3 is 0 Å². The van der Waals surface area contributed by atoms with Gasteiger partial charge in [0.1, 0.15) is 6.42 Å². The van der Waals surface area contributed by atoms with Crippen LogP contribution in [0.25, 0.3) is 0 Å². The summed E-state index contributed by atoms with van der Waals surface area (Å²) < 4.78 is 0. The quantitative estimate of drug-likeness (QED) is 0.326. The van der Waals surface area contributed by atoms with Crippen molar-refractivity contribution in [2.45, 2.75) is 12.7 Å². The van der Waals surface area contributed by atoms with Crippen molar-refractivity contribution in [2.24, 2.45) is 5.73 Å². The Hall–Kier alpha value is -1.10. The molecule has 1 heterocycles. The molecule has 1 aliphatic heterocycles. The topological polar surface area (TPSA) is 84.2 Å². The van der Waals surface area contributed by atoms with Gasteiger partial charge in [0.25, 0.3) is 0 Å². The van der Waals surface area contributed by atoms with Crippen LogP contribution in [0.15, 0.2) is 0 Å². The van der Waals surface area contributed by atoms with E-state index in [0.717, 1.165) is 0 Å². The molecule has 0 aromatic heterocycles. The molecule has 50 valence electrons. The summed E-state index contributed by atoms with van der Waals surface area (Å²) in [6, 6.07) is 0. The molecule has 0 bridgehead atoms. The molecule has 0 aromatic carbocycles. The van der Waals surface area contributed by atoms with Gasteiger partial charge in [-0.3, -0.25) is 15.3 Å². The first kappa shape index (κ1) is 6.03. The lowest BCUT2D eigenvalue weighted by Crippen LogP contribution is -2.59. The SMILES string of the molecule is NC1NC(=O)CC(=O)N1. The van der Waals surface area contributed by atoms with Gasteiger partial charge in [-0.15, -0.1) is 0 Å². The predicted octanol–water partition coefficient (Wildman–Crippen LogP) is -2.14. The van der Waals surface area contributed by atoms with Crippen LogP contribution in [-0.2, 0) is 9.59 Å². The second-order valence-electron chi connectivity index (χ2n) is 1.79. The molecule has 2 amide bonds. The van der Waals surface area contributed by atoms with E-state index >= 15 is 0 Å². The predicted molar refractivity (Wildman–Crippen MR) is 28.9 cm³/mol. The molecule has 4 N–H and O–H groups in total. The fraction of sp³-hybridized carbons (Fsp3) is 0.500. The number of amides is 2. The lowest BCUT2D eigenvalue weighted by Gasteiger charge is -2.19. The largest absolute Gasteiger partial charge is 0.323 e. The molecule has 0 atom stereocenters. The second kappa shape index (κ2) is 2.02. The van der Waals surface area contributed by atoms with Crippen molar-refractivity contribution in [2.75, 3.05) is 0 Å². The Morgan fingerprint density at radius 1 is 1.33 bits per heavy atom. The van der Waals surface area contributed by atoms with Gasteiger partial charge in [0.15, 0.2) is 6.29 Å². The molecule has 5 heteroatoms. The van der Waals surface area contributed by atoms with Crippen LogP contribution >= 0.6 is 0 Å². The highest BCUT2D eigenvalue weighted by molar-refractivity contribution is 5.99. The number of nitrogens with two attached hydrogens (primary N) is 1. The molecule has 0 unspecified atom stereocenters. The number of hydrogen-bond acceptors (Lipinski definition) is 3. The van der Waals surface area contributed by atoms with Crippen molar-refractivity contribution in [1.29, 1.82) is 0 Å². The van der Waals surface area contributed by atoms with E-state index < -0.39 is 6.29 Å². The van der Waals surface area contributed by atoms with Crippen molar-refractivity contribution in [1.82, 2.24) is 10.6 Å². The summed E-state index contributed by atoms with van der Waals surface area (Å²) in [4.78, 5) is 20.9. The number of nitrogens with one attached hydrogen (secondary N) is 2. The Labute approximate surface area is 51.6 Å². The molecular formula is C4H7N3O2. The smallest absolute Gasteiger partial charge is 0.232 e. The van der Waals surface area contributed by atoms with Crippen LogP contribution in [0.5, 0.6) is 0 Å². The summed E-state index contributed by atoms with van der Waals surface area (Å²) >= 11 is 0. The lowest BCUT2D eigenvalue weighted by atomic mass is 10.3. The molecule has 5 nitrogen and oxygen atoms in total. The van der Waals surface area contributed by atoms with Gasteiger partial charge in [0, 0.05) is 0 Å². The zero-order chi connectivity index (χ0) is 6.85. The van der Waals surface area contributed by atoms with E-state index in [1.807, 2.05) is 0 Å². The first-order valence-electron chi connectivity index (χ1n) is 2.53. The Morgan fingerprint density at radius 2 is 1.78 bits per heavy atom. The van der Waals surface area contributed by atoms with Gasteiger partial charge in [-0.2, -0.15) is 0 Å². The van der Waals surface area contributed by atoms with Crippen LogP contribution in [-0.4, -0.2) is 18.1 Å². The maximum absolute atomic E-state index is 10.4. The fourth-order valence-corrected chi connectivity index (χ4v) is 0.631. The average Bonchev–Trinajstić information content (AvgIpc) is 1.59. The first-order valence-corrected chi connectivity index (χ1v) is 2.53. The van der Waals surface area contributed by atoms with Gasteiger partial charge in [-0.1, -0.05) is 0 Å². The van der Waals surface area contributed by atoms with Crippen LogP contribution in [0.1, 0.15) is 6.42 Å².